The fraction of sp³-hybridized carbons (Fsp3) is 0.840. The molecular formula is C75H132N2O13. The molecule has 0 spiro atoms. The van der Waals surface area contributed by atoms with Crippen LogP contribution in [-0.4, -0.2) is 88.3 Å². The zero-order valence-corrected chi connectivity index (χ0v) is 57.7. The molecule has 0 saturated carbocycles. The van der Waals surface area contributed by atoms with Crippen molar-refractivity contribution in [2.24, 2.45) is 5.92 Å². The number of aromatic amines is 1. The molecule has 1 aliphatic rings. The van der Waals surface area contributed by atoms with Crippen LogP contribution in [0.5, 0.6) is 17.2 Å². The number of nitrogens with zero attached hydrogens (tertiary/aromatic N) is 1. The van der Waals surface area contributed by atoms with Crippen LogP contribution >= 0.6 is 0 Å². The zero-order chi connectivity index (χ0) is 65.0. The number of aliphatic hydroxyl groups excluding tert-OH is 1. The summed E-state index contributed by atoms with van der Waals surface area (Å²) in [5.41, 5.74) is -1.01. The maximum absolute atomic E-state index is 14.4. The summed E-state index contributed by atoms with van der Waals surface area (Å²) >= 11 is 0. The molecule has 0 amide bonds. The normalized spacial score (nSPS) is 16.8. The summed E-state index contributed by atoms with van der Waals surface area (Å²) in [5, 5.41) is 32.7. The summed E-state index contributed by atoms with van der Waals surface area (Å²) in [5.74, 6) is -4.96. The fourth-order valence-corrected chi connectivity index (χ4v) is 12.7. The van der Waals surface area contributed by atoms with Gasteiger partial charge in [0.25, 0.3) is 11.3 Å². The van der Waals surface area contributed by atoms with Crippen LogP contribution in [0.2, 0.25) is 0 Å². The van der Waals surface area contributed by atoms with E-state index in [0.717, 1.165) is 74.6 Å². The minimum atomic E-state index is -2.68. The molecule has 15 nitrogen and oxygen atoms in total. The number of aliphatic hydroxyl groups is 2. The lowest BCUT2D eigenvalue weighted by Gasteiger charge is -2.32. The van der Waals surface area contributed by atoms with Crippen LogP contribution in [0.4, 0.5) is 0 Å². The van der Waals surface area contributed by atoms with Crippen molar-refractivity contribution in [2.75, 3.05) is 33.5 Å². The minimum absolute atomic E-state index is 0.142. The third kappa shape index (κ3) is 35.9. The molecule has 1 aromatic carbocycles. The predicted molar refractivity (Wildman–Crippen MR) is 365 cm³/mol. The first-order valence-electron chi connectivity index (χ1n) is 37.4. The van der Waals surface area contributed by atoms with Gasteiger partial charge >= 0.3 is 17.6 Å². The van der Waals surface area contributed by atoms with Gasteiger partial charge in [-0.25, -0.2) is 4.79 Å². The van der Waals surface area contributed by atoms with Gasteiger partial charge in [0.15, 0.2) is 29.9 Å². The van der Waals surface area contributed by atoms with E-state index < -0.39 is 66.4 Å². The average Bonchev–Trinajstić information content (AvgIpc) is 1.67. The van der Waals surface area contributed by atoms with Crippen molar-refractivity contribution in [3.05, 3.63) is 50.8 Å². The van der Waals surface area contributed by atoms with Crippen LogP contribution in [0.3, 0.4) is 0 Å². The van der Waals surface area contributed by atoms with Crippen molar-refractivity contribution in [1.82, 2.24) is 9.55 Å². The topological polar surface area (TPSA) is 205 Å². The van der Waals surface area contributed by atoms with Gasteiger partial charge < -0.3 is 43.7 Å². The molecule has 0 bridgehead atoms. The number of esters is 1. The van der Waals surface area contributed by atoms with Crippen molar-refractivity contribution in [1.29, 1.82) is 0 Å². The molecule has 0 aliphatic carbocycles. The molecule has 15 heteroatoms. The van der Waals surface area contributed by atoms with Crippen LogP contribution in [0.15, 0.2) is 34.0 Å². The molecule has 1 aliphatic heterocycles. The van der Waals surface area contributed by atoms with Gasteiger partial charge in [0.2, 0.25) is 5.75 Å². The highest BCUT2D eigenvalue weighted by molar-refractivity contribution is 5.80. The standard InChI is InChI=1S/C75H132N2O13/c1-5-8-11-14-17-20-23-26-29-32-35-38-41-44-47-50-55-86-65-59-63(58-64(61-69(80)81)73(82)90-75(84)67(62-78)89-72(71(75)85-4)77-54-53-68(79)76-74(77)83)60-66(87-56-51-48-45-42-39-36-33-30-27-24-21-18-15-12-9-6-2)70(65)88-57-52-49-46-43-40-37-34-31-28-25-22-19-16-13-10-7-3/h53-54,59-60,64,67,71-72,78,84H,5-52,55-58,61-62H2,1-4H3,(H,80,81)(H,76,79,83)/t64?,67-,71+,72-,75+/m1/s1. The molecule has 1 aromatic heterocycles. The van der Waals surface area contributed by atoms with Gasteiger partial charge in [-0.3, -0.25) is 23.9 Å². The number of carboxylic acid groups (broad SMARTS) is 1. The second-order valence-corrected chi connectivity index (χ2v) is 26.4. The van der Waals surface area contributed by atoms with Crippen molar-refractivity contribution in [3.63, 3.8) is 0 Å². The number of nitrogens with one attached hydrogen (secondary N) is 1. The van der Waals surface area contributed by atoms with Gasteiger partial charge in [-0.1, -0.05) is 310 Å². The van der Waals surface area contributed by atoms with Gasteiger partial charge in [-0.05, 0) is 43.4 Å². The molecule has 1 fully saturated rings. The fourth-order valence-electron chi connectivity index (χ4n) is 12.7. The number of hydrogen-bond acceptors (Lipinski definition) is 12. The number of rotatable bonds is 63. The smallest absolute Gasteiger partial charge is 0.330 e. The highest BCUT2D eigenvalue weighted by atomic mass is 16.7. The van der Waals surface area contributed by atoms with Crippen molar-refractivity contribution >= 4 is 11.9 Å². The lowest BCUT2D eigenvalue weighted by atomic mass is 9.95. The maximum atomic E-state index is 14.4. The van der Waals surface area contributed by atoms with E-state index >= 15 is 0 Å². The molecule has 4 N–H and O–H groups in total. The summed E-state index contributed by atoms with van der Waals surface area (Å²) in [7, 11) is 1.21. The Morgan fingerprint density at radius 2 is 0.867 bits per heavy atom. The van der Waals surface area contributed by atoms with Crippen LogP contribution in [0.25, 0.3) is 0 Å². The highest BCUT2D eigenvalue weighted by Crippen LogP contribution is 2.43. The number of carboxylic acids is 1. The van der Waals surface area contributed by atoms with E-state index in [1.165, 1.54) is 258 Å². The van der Waals surface area contributed by atoms with E-state index in [1.54, 1.807) is 12.1 Å². The molecule has 1 saturated heterocycles. The Hall–Kier alpha value is -3.92. The van der Waals surface area contributed by atoms with Crippen molar-refractivity contribution in [3.8, 4) is 17.2 Å². The van der Waals surface area contributed by atoms with E-state index in [9.17, 15) is 34.5 Å². The molecule has 2 heterocycles. The number of methoxy groups -OCH3 is 1. The number of aromatic nitrogens is 2. The lowest BCUT2D eigenvalue weighted by Crippen LogP contribution is -2.54. The van der Waals surface area contributed by atoms with Crippen LogP contribution < -0.4 is 25.5 Å². The summed E-state index contributed by atoms with van der Waals surface area (Å²) < 4.78 is 38.1. The highest BCUT2D eigenvalue weighted by Gasteiger charge is 2.61. The average molecular weight is 1270 g/mol. The zero-order valence-electron chi connectivity index (χ0n) is 57.7. The van der Waals surface area contributed by atoms with Crippen molar-refractivity contribution in [2.45, 2.75) is 366 Å². The number of hydrogen-bond donors (Lipinski definition) is 4. The lowest BCUT2D eigenvalue weighted by molar-refractivity contribution is -0.262. The molecular weight excluding hydrogens is 1140 g/mol. The van der Waals surface area contributed by atoms with Gasteiger partial charge in [-0.2, -0.15) is 0 Å². The second kappa shape index (κ2) is 53.4. The first-order valence-corrected chi connectivity index (χ1v) is 37.4. The third-order valence-electron chi connectivity index (χ3n) is 18.3. The van der Waals surface area contributed by atoms with Crippen molar-refractivity contribution < 1.29 is 53.3 Å². The van der Waals surface area contributed by atoms with Crippen LogP contribution in [0.1, 0.15) is 347 Å². The molecule has 3 rings (SSSR count). The largest absolute Gasteiger partial charge is 0.490 e. The van der Waals surface area contributed by atoms with Gasteiger partial charge in [-0.15, -0.1) is 0 Å². The van der Waals surface area contributed by atoms with E-state index in [4.69, 9.17) is 28.4 Å². The monoisotopic (exact) mass is 1270 g/mol. The number of unbranched alkanes of at least 4 members (excludes halogenated alkanes) is 45. The maximum Gasteiger partial charge on any atom is 0.330 e. The molecule has 2 aromatic rings. The summed E-state index contributed by atoms with van der Waals surface area (Å²) in [6, 6.07) is 4.69. The van der Waals surface area contributed by atoms with E-state index in [0.29, 0.717) is 42.6 Å². The number of H-pyrrole nitrogens is 1. The molecule has 520 valence electrons. The molecule has 5 atom stereocenters. The Balaban J connectivity index is 1.74. The Labute approximate surface area is 546 Å². The first-order chi connectivity index (χ1) is 44.0. The number of ether oxygens (including phenoxy) is 6. The Kier molecular flexibility index (Phi) is 47.7. The summed E-state index contributed by atoms with van der Waals surface area (Å²) in [6.07, 6.45) is 56.5. The van der Waals surface area contributed by atoms with Gasteiger partial charge in [0.1, 0.15) is 0 Å². The number of carbonyl (C=O) groups is 2. The Bertz CT molecular complexity index is 2120. The minimum Gasteiger partial charge on any atom is -0.490 e. The Morgan fingerprint density at radius 3 is 1.18 bits per heavy atom. The SMILES string of the molecule is CCCCCCCCCCCCCCCCCCOc1cc(CC(CC(=O)O)C(=O)O[C@@]2(O)[C@@H](CO)O[C@@H](n3ccc(=O)[nH]c3=O)[C@@H]2OC)cc(OCCCCCCCCCCCCCCCCCC)c1OCCCCCCCCCCCCCCCCCC. The third-order valence-corrected chi connectivity index (χ3v) is 18.3. The summed E-state index contributed by atoms with van der Waals surface area (Å²) in [6.45, 7) is 7.29. The molecule has 1 unspecified atom stereocenters. The number of benzene rings is 1. The second-order valence-electron chi connectivity index (χ2n) is 26.4. The number of carbonyl (C=O) groups excluding carboxylic acids is 1. The summed E-state index contributed by atoms with van der Waals surface area (Å²) in [4.78, 5) is 53.9. The van der Waals surface area contributed by atoms with Crippen LogP contribution in [0, 0.1) is 5.92 Å². The van der Waals surface area contributed by atoms with E-state index in [-0.39, 0.29) is 6.42 Å². The molecule has 90 heavy (non-hydrogen) atoms. The Morgan fingerprint density at radius 1 is 0.533 bits per heavy atom. The van der Waals surface area contributed by atoms with Gasteiger partial charge in [0.05, 0.1) is 38.8 Å². The number of aliphatic carboxylic acids is 1. The van der Waals surface area contributed by atoms with Crippen LogP contribution in [-0.2, 0) is 30.2 Å². The first kappa shape index (κ1) is 80.3. The van der Waals surface area contributed by atoms with E-state index in [2.05, 4.69) is 25.8 Å². The molecule has 0 radical (unpaired) electrons. The predicted octanol–water partition coefficient (Wildman–Crippen LogP) is 18.9. The van der Waals surface area contributed by atoms with Gasteiger partial charge in [0, 0.05) is 19.4 Å². The quantitative estimate of drug-likeness (QED) is 0.0277. The van der Waals surface area contributed by atoms with E-state index in [1.807, 2.05) is 0 Å².